The highest BCUT2D eigenvalue weighted by Gasteiger charge is 2.47. The first-order chi connectivity index (χ1) is 23.0. The van der Waals surface area contributed by atoms with E-state index in [4.69, 9.17) is 11.6 Å². The van der Waals surface area contributed by atoms with Gasteiger partial charge in [-0.05, 0) is 78.4 Å². The summed E-state index contributed by atoms with van der Waals surface area (Å²) >= 11 is 7.76. The third-order valence-corrected chi connectivity index (χ3v) is 11.0. The van der Waals surface area contributed by atoms with Crippen LogP contribution >= 0.6 is 11.6 Å². The quantitative estimate of drug-likeness (QED) is 0.184. The van der Waals surface area contributed by atoms with Gasteiger partial charge in [-0.3, -0.25) is 0 Å². The van der Waals surface area contributed by atoms with E-state index in [-0.39, 0.29) is 5.41 Å². The summed E-state index contributed by atoms with van der Waals surface area (Å²) in [5.41, 5.74) is 16.6. The molecule has 0 heterocycles. The highest BCUT2D eigenvalue weighted by atomic mass is 35.5. The fourth-order valence-electron chi connectivity index (χ4n) is 8.67. The van der Waals surface area contributed by atoms with E-state index < -0.39 is 5.41 Å². The Hall–Kier alpha value is -5.17. The van der Waals surface area contributed by atoms with Crippen molar-refractivity contribution < 1.29 is 0 Å². The normalized spacial score (nSPS) is 14.6. The predicted molar refractivity (Wildman–Crippen MR) is 197 cm³/mol. The van der Waals surface area contributed by atoms with Gasteiger partial charge in [0, 0.05) is 11.0 Å². The van der Waals surface area contributed by atoms with Crippen LogP contribution in [-0.2, 0) is 10.8 Å². The lowest BCUT2D eigenvalue weighted by Gasteiger charge is -2.34. The van der Waals surface area contributed by atoms with Crippen LogP contribution in [0.4, 0.5) is 0 Å². The molecule has 0 aromatic heterocycles. The smallest absolute Gasteiger partial charge is 0.0713 e. The van der Waals surface area contributed by atoms with Crippen molar-refractivity contribution in [1.29, 1.82) is 0 Å². The standard InChI is InChI=1S/C46H33Cl/c1-45(2)38-26-14-12-23-34(38)42-36(30-17-6-3-7-18-30)29-37(44(47)43(42)45)33-25-16-28-40-41(33)35-24-13-15-27-39(35)46(40,31-19-8-4-9-20-31)32-21-10-5-11-22-32/h3-29H,1-2H3. The molecule has 0 nitrogen and oxygen atoms in total. The Bertz CT molecular complexity index is 2270. The summed E-state index contributed by atoms with van der Waals surface area (Å²) in [7, 11) is 0. The molecule has 0 radical (unpaired) electrons. The number of hydrogen-bond donors (Lipinski definition) is 0. The number of hydrogen-bond acceptors (Lipinski definition) is 0. The summed E-state index contributed by atoms with van der Waals surface area (Å²) in [5.74, 6) is 0. The molecule has 2 aliphatic carbocycles. The van der Waals surface area contributed by atoms with Crippen molar-refractivity contribution >= 4 is 11.6 Å². The van der Waals surface area contributed by atoms with E-state index in [0.29, 0.717) is 0 Å². The molecule has 2 aliphatic rings. The largest absolute Gasteiger partial charge is 0.0833 e. The van der Waals surface area contributed by atoms with E-state index in [1.54, 1.807) is 0 Å². The van der Waals surface area contributed by atoms with Crippen LogP contribution in [0, 0.1) is 0 Å². The summed E-state index contributed by atoms with van der Waals surface area (Å²) in [6.45, 7) is 4.64. The topological polar surface area (TPSA) is 0 Å². The van der Waals surface area contributed by atoms with Gasteiger partial charge in [0.25, 0.3) is 0 Å². The van der Waals surface area contributed by atoms with Gasteiger partial charge in [0.2, 0.25) is 0 Å². The van der Waals surface area contributed by atoms with Gasteiger partial charge in [-0.15, -0.1) is 0 Å². The Morgan fingerprint density at radius 1 is 0.404 bits per heavy atom. The molecule has 0 saturated heterocycles. The maximum absolute atomic E-state index is 7.76. The molecule has 0 bridgehead atoms. The minimum absolute atomic E-state index is 0.254. The molecule has 0 saturated carbocycles. The first-order valence-electron chi connectivity index (χ1n) is 16.4. The lowest BCUT2D eigenvalue weighted by atomic mass is 9.67. The van der Waals surface area contributed by atoms with Crippen molar-refractivity contribution in [3.8, 4) is 44.5 Å². The molecule has 0 spiro atoms. The van der Waals surface area contributed by atoms with Crippen LogP contribution in [0.1, 0.15) is 47.2 Å². The number of fused-ring (bicyclic) bond motifs is 6. The zero-order valence-electron chi connectivity index (χ0n) is 26.5. The van der Waals surface area contributed by atoms with Crippen molar-refractivity contribution in [3.63, 3.8) is 0 Å². The second kappa shape index (κ2) is 10.4. The van der Waals surface area contributed by atoms with E-state index in [9.17, 15) is 0 Å². The minimum atomic E-state index is -0.467. The molecule has 47 heavy (non-hydrogen) atoms. The zero-order valence-corrected chi connectivity index (χ0v) is 27.2. The number of benzene rings is 7. The molecule has 7 aromatic carbocycles. The van der Waals surface area contributed by atoms with Crippen molar-refractivity contribution in [1.82, 2.24) is 0 Å². The summed E-state index contributed by atoms with van der Waals surface area (Å²) in [6.07, 6.45) is 0. The second-order valence-electron chi connectivity index (χ2n) is 13.3. The van der Waals surface area contributed by atoms with Crippen LogP contribution < -0.4 is 0 Å². The van der Waals surface area contributed by atoms with Crippen molar-refractivity contribution in [2.24, 2.45) is 0 Å². The Balaban J connectivity index is 1.41. The van der Waals surface area contributed by atoms with Crippen LogP contribution in [0.5, 0.6) is 0 Å². The zero-order chi connectivity index (χ0) is 31.8. The van der Waals surface area contributed by atoms with Crippen LogP contribution in [0.25, 0.3) is 44.5 Å². The molecule has 0 N–H and O–H groups in total. The summed E-state index contributed by atoms with van der Waals surface area (Å²) in [4.78, 5) is 0. The minimum Gasteiger partial charge on any atom is -0.0833 e. The lowest BCUT2D eigenvalue weighted by Crippen LogP contribution is -2.28. The highest BCUT2D eigenvalue weighted by Crippen LogP contribution is 2.61. The molecular weight excluding hydrogens is 588 g/mol. The average molecular weight is 621 g/mol. The predicted octanol–water partition coefficient (Wildman–Crippen LogP) is 12.3. The van der Waals surface area contributed by atoms with Gasteiger partial charge in [0.1, 0.15) is 0 Å². The molecule has 1 heteroatoms. The number of rotatable bonds is 4. The second-order valence-corrected chi connectivity index (χ2v) is 13.7. The Kier molecular flexibility index (Phi) is 6.23. The molecule has 9 rings (SSSR count). The van der Waals surface area contributed by atoms with E-state index in [1.165, 1.54) is 72.3 Å². The van der Waals surface area contributed by atoms with Gasteiger partial charge >= 0.3 is 0 Å². The third-order valence-electron chi connectivity index (χ3n) is 10.6. The molecule has 0 atom stereocenters. The van der Waals surface area contributed by atoms with Crippen LogP contribution in [0.15, 0.2) is 164 Å². The SMILES string of the molecule is CC1(C)c2ccccc2-c2c(-c3ccccc3)cc(-c3cccc4c3-c3ccccc3C4(c3ccccc3)c3ccccc3)c(Cl)c21. The number of halogens is 1. The van der Waals surface area contributed by atoms with Gasteiger partial charge in [0.15, 0.2) is 0 Å². The maximum Gasteiger partial charge on any atom is 0.0713 e. The summed E-state index contributed by atoms with van der Waals surface area (Å²) < 4.78 is 0. The van der Waals surface area contributed by atoms with Gasteiger partial charge in [0.05, 0.1) is 10.4 Å². The highest BCUT2D eigenvalue weighted by molar-refractivity contribution is 6.35. The molecule has 224 valence electrons. The molecule has 0 fully saturated rings. The van der Waals surface area contributed by atoms with E-state index in [1.807, 2.05) is 0 Å². The third kappa shape index (κ3) is 3.83. The van der Waals surface area contributed by atoms with Crippen LogP contribution in [-0.4, -0.2) is 0 Å². The Morgan fingerprint density at radius 2 is 0.894 bits per heavy atom. The molecule has 0 aliphatic heterocycles. The van der Waals surface area contributed by atoms with E-state index in [0.717, 1.165) is 10.6 Å². The lowest BCUT2D eigenvalue weighted by molar-refractivity contribution is 0.661. The van der Waals surface area contributed by atoms with Gasteiger partial charge in [-0.25, -0.2) is 0 Å². The maximum atomic E-state index is 7.76. The molecule has 0 unspecified atom stereocenters. The summed E-state index contributed by atoms with van der Waals surface area (Å²) in [5, 5.41) is 0.837. The van der Waals surface area contributed by atoms with E-state index >= 15 is 0 Å². The average Bonchev–Trinajstić information content (AvgIpc) is 3.57. The molecule has 7 aromatic rings. The van der Waals surface area contributed by atoms with Crippen molar-refractivity contribution in [2.45, 2.75) is 24.7 Å². The van der Waals surface area contributed by atoms with E-state index in [2.05, 4.69) is 178 Å². The first-order valence-corrected chi connectivity index (χ1v) is 16.8. The Labute approximate surface area is 282 Å². The fourth-order valence-corrected chi connectivity index (χ4v) is 9.15. The monoisotopic (exact) mass is 620 g/mol. The van der Waals surface area contributed by atoms with Crippen molar-refractivity contribution in [3.05, 3.63) is 202 Å². The fraction of sp³-hybridized carbons (Fsp3) is 0.0870. The van der Waals surface area contributed by atoms with Crippen molar-refractivity contribution in [2.75, 3.05) is 0 Å². The van der Waals surface area contributed by atoms with Gasteiger partial charge in [-0.2, -0.15) is 0 Å². The van der Waals surface area contributed by atoms with Gasteiger partial charge < -0.3 is 0 Å². The summed E-state index contributed by atoms with van der Waals surface area (Å²) in [6, 6.07) is 59.8. The molecule has 0 amide bonds. The van der Waals surface area contributed by atoms with Crippen LogP contribution in [0.2, 0.25) is 5.02 Å². The molecular formula is C46H33Cl. The first kappa shape index (κ1) is 28.1. The van der Waals surface area contributed by atoms with Crippen LogP contribution in [0.3, 0.4) is 0 Å². The van der Waals surface area contributed by atoms with Gasteiger partial charge in [-0.1, -0.05) is 183 Å². The Morgan fingerprint density at radius 3 is 1.53 bits per heavy atom.